The van der Waals surface area contributed by atoms with Gasteiger partial charge in [0.1, 0.15) is 0 Å². The highest BCUT2D eigenvalue weighted by atomic mass is 35.5. The monoisotopic (exact) mass is 284 g/mol. The number of anilines is 1. The molecule has 0 spiro atoms. The molecule has 3 N–H and O–H groups in total. The quantitative estimate of drug-likeness (QED) is 0.791. The molecular weight excluding hydrogens is 272 g/mol. The second kappa shape index (κ2) is 5.90. The van der Waals surface area contributed by atoms with E-state index in [9.17, 15) is 9.59 Å². The van der Waals surface area contributed by atoms with Gasteiger partial charge in [-0.1, -0.05) is 11.6 Å². The van der Waals surface area contributed by atoms with Crippen LogP contribution in [0.5, 0.6) is 0 Å². The van der Waals surface area contributed by atoms with Gasteiger partial charge in [0.15, 0.2) is 0 Å². The van der Waals surface area contributed by atoms with Gasteiger partial charge in [0.25, 0.3) is 0 Å². The normalized spacial score (nSPS) is 18.1. The Morgan fingerprint density at radius 1 is 1.42 bits per heavy atom. The number of ether oxygens (including phenoxy) is 1. The Bertz CT molecular complexity index is 501. The number of aromatic carboxylic acids is 1. The fourth-order valence-electron chi connectivity index (χ4n) is 1.75. The molecular formula is C12H13ClN2O4. The Hall–Kier alpha value is -1.79. The van der Waals surface area contributed by atoms with E-state index in [0.29, 0.717) is 13.2 Å². The standard InChI is InChI=1S/C12H13ClN2O4/c13-9-2-1-7(11(16)17)5-10(9)15-12(18)14-8-3-4-19-6-8/h1-2,5,8H,3-4,6H2,(H,16,17)(H2,14,15,18). The number of carbonyl (C=O) groups is 2. The molecule has 1 unspecified atom stereocenters. The summed E-state index contributed by atoms with van der Waals surface area (Å²) in [6.45, 7) is 1.11. The van der Waals surface area contributed by atoms with Gasteiger partial charge in [0, 0.05) is 6.61 Å². The van der Waals surface area contributed by atoms with E-state index >= 15 is 0 Å². The number of hydrogen-bond acceptors (Lipinski definition) is 3. The van der Waals surface area contributed by atoms with Crippen molar-refractivity contribution in [2.24, 2.45) is 0 Å². The first-order valence-corrected chi connectivity index (χ1v) is 6.12. The molecule has 1 aliphatic rings. The van der Waals surface area contributed by atoms with Gasteiger partial charge in [-0.3, -0.25) is 0 Å². The van der Waals surface area contributed by atoms with Gasteiger partial charge in [0.05, 0.1) is 28.9 Å². The molecule has 1 atom stereocenters. The second-order valence-electron chi connectivity index (χ2n) is 4.16. The molecule has 1 aromatic rings. The SMILES string of the molecule is O=C(Nc1cc(C(=O)O)ccc1Cl)NC1CCOC1. The van der Waals surface area contributed by atoms with E-state index in [4.69, 9.17) is 21.4 Å². The minimum Gasteiger partial charge on any atom is -0.478 e. The van der Waals surface area contributed by atoms with Crippen LogP contribution in [0.4, 0.5) is 10.5 Å². The number of benzene rings is 1. The molecule has 1 saturated heterocycles. The number of carboxylic acid groups (broad SMARTS) is 1. The Morgan fingerprint density at radius 2 is 2.21 bits per heavy atom. The number of halogens is 1. The molecule has 0 aliphatic carbocycles. The van der Waals surface area contributed by atoms with Crippen molar-refractivity contribution in [2.45, 2.75) is 12.5 Å². The third-order valence-corrected chi connectivity index (χ3v) is 3.06. The van der Waals surface area contributed by atoms with Crippen LogP contribution in [0, 0.1) is 0 Å². The molecule has 19 heavy (non-hydrogen) atoms. The van der Waals surface area contributed by atoms with E-state index in [2.05, 4.69) is 10.6 Å². The van der Waals surface area contributed by atoms with Crippen molar-refractivity contribution in [3.05, 3.63) is 28.8 Å². The van der Waals surface area contributed by atoms with Crippen molar-refractivity contribution in [3.63, 3.8) is 0 Å². The highest BCUT2D eigenvalue weighted by Gasteiger charge is 2.18. The van der Waals surface area contributed by atoms with Crippen LogP contribution in [0.25, 0.3) is 0 Å². The Balaban J connectivity index is 2.02. The molecule has 1 fully saturated rings. The van der Waals surface area contributed by atoms with Crippen LogP contribution < -0.4 is 10.6 Å². The van der Waals surface area contributed by atoms with E-state index in [1.165, 1.54) is 18.2 Å². The predicted molar refractivity (Wildman–Crippen MR) is 69.8 cm³/mol. The zero-order valence-corrected chi connectivity index (χ0v) is 10.7. The van der Waals surface area contributed by atoms with Crippen LogP contribution in [0.15, 0.2) is 18.2 Å². The lowest BCUT2D eigenvalue weighted by Gasteiger charge is -2.13. The summed E-state index contributed by atoms with van der Waals surface area (Å²) in [6, 6.07) is 3.66. The van der Waals surface area contributed by atoms with Crippen molar-refractivity contribution in [3.8, 4) is 0 Å². The summed E-state index contributed by atoms with van der Waals surface area (Å²) < 4.78 is 5.14. The number of hydrogen-bond donors (Lipinski definition) is 3. The van der Waals surface area contributed by atoms with E-state index < -0.39 is 12.0 Å². The van der Waals surface area contributed by atoms with E-state index in [1.807, 2.05) is 0 Å². The van der Waals surface area contributed by atoms with Crippen LogP contribution >= 0.6 is 11.6 Å². The van der Waals surface area contributed by atoms with Gasteiger partial charge >= 0.3 is 12.0 Å². The van der Waals surface area contributed by atoms with Gasteiger partial charge in [0.2, 0.25) is 0 Å². The Kier molecular flexibility index (Phi) is 4.24. The second-order valence-corrected chi connectivity index (χ2v) is 4.57. The number of nitrogens with one attached hydrogen (secondary N) is 2. The lowest BCUT2D eigenvalue weighted by Crippen LogP contribution is -2.38. The number of amides is 2. The fourth-order valence-corrected chi connectivity index (χ4v) is 1.91. The molecule has 0 radical (unpaired) electrons. The van der Waals surface area contributed by atoms with Crippen LogP contribution in [0.3, 0.4) is 0 Å². The van der Waals surface area contributed by atoms with Crippen molar-refractivity contribution in [1.82, 2.24) is 5.32 Å². The molecule has 0 bridgehead atoms. The van der Waals surface area contributed by atoms with Gasteiger partial charge in [-0.15, -0.1) is 0 Å². The average Bonchev–Trinajstić information content (AvgIpc) is 2.84. The molecule has 102 valence electrons. The Morgan fingerprint density at radius 3 is 2.84 bits per heavy atom. The minimum absolute atomic E-state index is 0.0265. The molecule has 1 aliphatic heterocycles. The molecule has 6 nitrogen and oxygen atoms in total. The van der Waals surface area contributed by atoms with Crippen molar-refractivity contribution < 1.29 is 19.4 Å². The topological polar surface area (TPSA) is 87.7 Å². The number of carboxylic acids is 1. The lowest BCUT2D eigenvalue weighted by molar-refractivity contribution is 0.0697. The molecule has 2 amide bonds. The van der Waals surface area contributed by atoms with Crippen molar-refractivity contribution in [1.29, 1.82) is 0 Å². The molecule has 7 heteroatoms. The van der Waals surface area contributed by atoms with Gasteiger partial charge < -0.3 is 20.5 Å². The molecule has 2 rings (SSSR count). The number of urea groups is 1. The molecule has 1 heterocycles. The van der Waals surface area contributed by atoms with Crippen molar-refractivity contribution in [2.75, 3.05) is 18.5 Å². The lowest BCUT2D eigenvalue weighted by atomic mass is 10.2. The zero-order valence-electron chi connectivity index (χ0n) is 9.98. The maximum absolute atomic E-state index is 11.7. The maximum atomic E-state index is 11.7. The summed E-state index contributed by atoms with van der Waals surface area (Å²) in [6.07, 6.45) is 0.760. The van der Waals surface area contributed by atoms with Gasteiger partial charge in [-0.2, -0.15) is 0 Å². The summed E-state index contributed by atoms with van der Waals surface area (Å²) in [7, 11) is 0. The third kappa shape index (κ3) is 3.59. The molecule has 0 aromatic heterocycles. The number of rotatable bonds is 3. The Labute approximate surface area is 114 Å². The zero-order chi connectivity index (χ0) is 13.8. The van der Waals surface area contributed by atoms with Gasteiger partial charge in [-0.25, -0.2) is 9.59 Å². The predicted octanol–water partition coefficient (Wildman–Crippen LogP) is 1.95. The molecule has 0 saturated carbocycles. The first-order valence-electron chi connectivity index (χ1n) is 5.74. The van der Waals surface area contributed by atoms with E-state index in [-0.39, 0.29) is 22.3 Å². The van der Waals surface area contributed by atoms with E-state index in [0.717, 1.165) is 6.42 Å². The minimum atomic E-state index is -1.08. The highest BCUT2D eigenvalue weighted by Crippen LogP contribution is 2.23. The summed E-state index contributed by atoms with van der Waals surface area (Å²) in [5, 5.41) is 14.4. The fraction of sp³-hybridized carbons (Fsp3) is 0.333. The molecule has 1 aromatic carbocycles. The third-order valence-electron chi connectivity index (χ3n) is 2.73. The van der Waals surface area contributed by atoms with Crippen molar-refractivity contribution >= 4 is 29.3 Å². The first kappa shape index (κ1) is 13.6. The van der Waals surface area contributed by atoms with Crippen LogP contribution in [-0.4, -0.2) is 36.4 Å². The van der Waals surface area contributed by atoms with Crippen LogP contribution in [0.2, 0.25) is 5.02 Å². The summed E-state index contributed by atoms with van der Waals surface area (Å²) in [5.74, 6) is -1.08. The summed E-state index contributed by atoms with van der Waals surface area (Å²) in [5.41, 5.74) is 0.321. The highest BCUT2D eigenvalue weighted by molar-refractivity contribution is 6.33. The van der Waals surface area contributed by atoms with E-state index in [1.54, 1.807) is 0 Å². The van der Waals surface area contributed by atoms with Gasteiger partial charge in [-0.05, 0) is 24.6 Å². The first-order chi connectivity index (χ1) is 9.06. The summed E-state index contributed by atoms with van der Waals surface area (Å²) in [4.78, 5) is 22.6. The van der Waals surface area contributed by atoms with Crippen LogP contribution in [0.1, 0.15) is 16.8 Å². The average molecular weight is 285 g/mol. The number of carbonyl (C=O) groups excluding carboxylic acids is 1. The van der Waals surface area contributed by atoms with Crippen LogP contribution in [-0.2, 0) is 4.74 Å². The summed E-state index contributed by atoms with van der Waals surface area (Å²) >= 11 is 5.90. The largest absolute Gasteiger partial charge is 0.478 e. The maximum Gasteiger partial charge on any atom is 0.335 e. The smallest absolute Gasteiger partial charge is 0.335 e.